The van der Waals surface area contributed by atoms with E-state index in [1.165, 1.54) is 18.3 Å². The average molecular weight is 309 g/mol. The van der Waals surface area contributed by atoms with Crippen molar-refractivity contribution >= 4 is 29.7 Å². The normalized spacial score (nSPS) is 11.9. The number of oxime groups is 1. The number of allylic oxidation sites excluding steroid dienone is 1. The Morgan fingerprint density at radius 3 is 2.35 bits per heavy atom. The van der Waals surface area contributed by atoms with Gasteiger partial charge in [-0.2, -0.15) is 5.10 Å². The van der Waals surface area contributed by atoms with Gasteiger partial charge in [-0.3, -0.25) is 5.43 Å². The maximum Gasteiger partial charge on any atom is 0.335 e. The topological polar surface area (TPSA) is 94.3 Å². The van der Waals surface area contributed by atoms with Crippen molar-refractivity contribution in [1.82, 2.24) is 0 Å². The predicted molar refractivity (Wildman–Crippen MR) is 90.2 cm³/mol. The van der Waals surface area contributed by atoms with Crippen LogP contribution >= 0.6 is 0 Å². The number of anilines is 1. The molecule has 0 unspecified atom stereocenters. The Hall–Kier alpha value is -3.41. The number of carboxylic acid groups (broad SMARTS) is 1. The van der Waals surface area contributed by atoms with E-state index in [1.807, 2.05) is 36.4 Å². The first-order valence-electron chi connectivity index (χ1n) is 6.76. The van der Waals surface area contributed by atoms with Crippen LogP contribution in [0.5, 0.6) is 0 Å². The molecule has 0 aliphatic heterocycles. The van der Waals surface area contributed by atoms with E-state index in [9.17, 15) is 4.79 Å². The van der Waals surface area contributed by atoms with Crippen LogP contribution in [0.1, 0.15) is 15.9 Å². The van der Waals surface area contributed by atoms with Gasteiger partial charge in [-0.1, -0.05) is 41.6 Å². The molecule has 0 bridgehead atoms. The third-order valence-electron chi connectivity index (χ3n) is 2.88. The standard InChI is InChI=1S/C17H15N3O3/c21-17(22)14-7-10-15(11-8-14)19-20-16(12-18-23)9-6-13-4-2-1-3-5-13/h1-12,19,23H,(H,21,22). The number of carbonyl (C=O) groups is 1. The summed E-state index contributed by atoms with van der Waals surface area (Å²) in [7, 11) is 0. The first-order valence-corrected chi connectivity index (χ1v) is 6.76. The minimum atomic E-state index is -0.987. The molecule has 116 valence electrons. The molecule has 2 aromatic rings. The van der Waals surface area contributed by atoms with Gasteiger partial charge in [0, 0.05) is 0 Å². The van der Waals surface area contributed by atoms with Gasteiger partial charge in [0.1, 0.15) is 5.71 Å². The van der Waals surface area contributed by atoms with Gasteiger partial charge in [0.2, 0.25) is 0 Å². The van der Waals surface area contributed by atoms with Crippen molar-refractivity contribution < 1.29 is 15.1 Å². The summed E-state index contributed by atoms with van der Waals surface area (Å²) in [6, 6.07) is 15.8. The number of nitrogens with zero attached hydrogens (tertiary/aromatic N) is 2. The lowest BCUT2D eigenvalue weighted by atomic mass is 10.2. The van der Waals surface area contributed by atoms with Gasteiger partial charge in [0.15, 0.2) is 0 Å². The second-order valence-electron chi connectivity index (χ2n) is 4.52. The lowest BCUT2D eigenvalue weighted by molar-refractivity contribution is 0.0697. The lowest BCUT2D eigenvalue weighted by Gasteiger charge is -2.01. The molecular formula is C17H15N3O3. The maximum atomic E-state index is 10.8. The monoisotopic (exact) mass is 309 g/mol. The van der Waals surface area contributed by atoms with E-state index in [0.717, 1.165) is 5.56 Å². The highest BCUT2D eigenvalue weighted by Crippen LogP contribution is 2.09. The van der Waals surface area contributed by atoms with Gasteiger partial charge in [0.25, 0.3) is 0 Å². The Kier molecular flexibility index (Phi) is 5.65. The quantitative estimate of drug-likeness (QED) is 0.433. The Morgan fingerprint density at radius 1 is 1.04 bits per heavy atom. The molecular weight excluding hydrogens is 294 g/mol. The van der Waals surface area contributed by atoms with Crippen LogP contribution in [0.3, 0.4) is 0 Å². The van der Waals surface area contributed by atoms with Gasteiger partial charge in [0.05, 0.1) is 17.5 Å². The van der Waals surface area contributed by atoms with Gasteiger partial charge < -0.3 is 10.3 Å². The van der Waals surface area contributed by atoms with Gasteiger partial charge in [-0.15, -0.1) is 0 Å². The van der Waals surface area contributed by atoms with Crippen molar-refractivity contribution in [3.8, 4) is 0 Å². The highest BCUT2D eigenvalue weighted by Gasteiger charge is 2.01. The van der Waals surface area contributed by atoms with Crippen LogP contribution in [0.2, 0.25) is 0 Å². The number of aromatic carboxylic acids is 1. The van der Waals surface area contributed by atoms with E-state index in [1.54, 1.807) is 18.2 Å². The van der Waals surface area contributed by atoms with Crippen LogP contribution in [-0.2, 0) is 0 Å². The van der Waals surface area contributed by atoms with Gasteiger partial charge in [-0.25, -0.2) is 4.79 Å². The van der Waals surface area contributed by atoms with E-state index >= 15 is 0 Å². The van der Waals surface area contributed by atoms with E-state index in [4.69, 9.17) is 10.3 Å². The molecule has 0 atom stereocenters. The summed E-state index contributed by atoms with van der Waals surface area (Å²) in [5.74, 6) is -0.987. The number of carboxylic acids is 1. The molecule has 0 radical (unpaired) electrons. The smallest absolute Gasteiger partial charge is 0.335 e. The Balaban J connectivity index is 2.09. The maximum absolute atomic E-state index is 10.8. The number of rotatable bonds is 6. The molecule has 0 aromatic heterocycles. The zero-order valence-corrected chi connectivity index (χ0v) is 12.1. The summed E-state index contributed by atoms with van der Waals surface area (Å²) in [6.07, 6.45) is 4.71. The van der Waals surface area contributed by atoms with Crippen molar-refractivity contribution in [3.05, 3.63) is 71.8 Å². The fourth-order valence-corrected chi connectivity index (χ4v) is 1.73. The van der Waals surface area contributed by atoms with Crippen LogP contribution in [0, 0.1) is 0 Å². The number of benzene rings is 2. The van der Waals surface area contributed by atoms with Gasteiger partial charge >= 0.3 is 5.97 Å². The molecule has 23 heavy (non-hydrogen) atoms. The number of hydrogen-bond donors (Lipinski definition) is 3. The molecule has 0 heterocycles. The van der Waals surface area contributed by atoms with Crippen LogP contribution in [0.15, 0.2) is 70.9 Å². The summed E-state index contributed by atoms with van der Waals surface area (Å²) in [5.41, 5.74) is 4.97. The zero-order chi connectivity index (χ0) is 16.5. The number of nitrogens with one attached hydrogen (secondary N) is 1. The molecule has 0 amide bonds. The van der Waals surface area contributed by atoms with Crippen LogP contribution < -0.4 is 5.43 Å². The molecule has 2 rings (SSSR count). The Morgan fingerprint density at radius 2 is 1.74 bits per heavy atom. The molecule has 0 saturated carbocycles. The van der Waals surface area contributed by atoms with Crippen molar-refractivity contribution in [1.29, 1.82) is 0 Å². The molecule has 0 saturated heterocycles. The molecule has 2 aromatic carbocycles. The van der Waals surface area contributed by atoms with Gasteiger partial charge in [-0.05, 0) is 35.9 Å². The Labute approximate surface area is 133 Å². The van der Waals surface area contributed by atoms with Crippen LogP contribution in [0.25, 0.3) is 6.08 Å². The molecule has 0 aliphatic carbocycles. The second-order valence-corrected chi connectivity index (χ2v) is 4.52. The fraction of sp³-hybridized carbons (Fsp3) is 0. The van der Waals surface area contributed by atoms with E-state index in [-0.39, 0.29) is 5.56 Å². The van der Waals surface area contributed by atoms with Crippen molar-refractivity contribution in [2.75, 3.05) is 5.43 Å². The average Bonchev–Trinajstić information content (AvgIpc) is 2.58. The first kappa shape index (κ1) is 16.0. The summed E-state index contributed by atoms with van der Waals surface area (Å²) in [5, 5.41) is 24.6. The minimum Gasteiger partial charge on any atom is -0.478 e. The minimum absolute atomic E-state index is 0.195. The highest BCUT2D eigenvalue weighted by molar-refractivity contribution is 6.36. The Bertz CT molecular complexity index is 735. The molecule has 0 fully saturated rings. The van der Waals surface area contributed by atoms with E-state index in [2.05, 4.69) is 15.7 Å². The third kappa shape index (κ3) is 5.13. The van der Waals surface area contributed by atoms with E-state index < -0.39 is 5.97 Å². The highest BCUT2D eigenvalue weighted by atomic mass is 16.4. The molecule has 6 heteroatoms. The molecule has 3 N–H and O–H groups in total. The second kappa shape index (κ2) is 8.14. The van der Waals surface area contributed by atoms with Crippen molar-refractivity contribution in [2.45, 2.75) is 0 Å². The lowest BCUT2D eigenvalue weighted by Crippen LogP contribution is -2.01. The number of hydrazone groups is 1. The molecule has 6 nitrogen and oxygen atoms in total. The van der Waals surface area contributed by atoms with Crippen molar-refractivity contribution in [3.63, 3.8) is 0 Å². The number of hydrogen-bond acceptors (Lipinski definition) is 5. The zero-order valence-electron chi connectivity index (χ0n) is 12.1. The van der Waals surface area contributed by atoms with Crippen LogP contribution in [-0.4, -0.2) is 28.2 Å². The SMILES string of the molecule is O=C(O)c1ccc(NN=C(C=Cc2ccccc2)C=NO)cc1. The summed E-state index contributed by atoms with van der Waals surface area (Å²) in [4.78, 5) is 10.8. The molecule has 0 aliphatic rings. The third-order valence-corrected chi connectivity index (χ3v) is 2.88. The predicted octanol–water partition coefficient (Wildman–Crippen LogP) is 3.33. The van der Waals surface area contributed by atoms with E-state index in [0.29, 0.717) is 11.4 Å². The summed E-state index contributed by atoms with van der Waals surface area (Å²) in [6.45, 7) is 0. The van der Waals surface area contributed by atoms with Crippen LogP contribution in [0.4, 0.5) is 5.69 Å². The fourth-order valence-electron chi connectivity index (χ4n) is 1.73. The summed E-state index contributed by atoms with van der Waals surface area (Å²) < 4.78 is 0. The molecule has 0 spiro atoms. The first-order chi connectivity index (χ1) is 11.2. The summed E-state index contributed by atoms with van der Waals surface area (Å²) >= 11 is 0. The van der Waals surface area contributed by atoms with Crippen molar-refractivity contribution in [2.24, 2.45) is 10.3 Å². The largest absolute Gasteiger partial charge is 0.478 e.